The van der Waals surface area contributed by atoms with Gasteiger partial charge in [-0.05, 0) is 39.2 Å². The molecule has 0 fully saturated rings. The van der Waals surface area contributed by atoms with E-state index in [2.05, 4.69) is 10.6 Å². The Morgan fingerprint density at radius 2 is 1.79 bits per heavy atom. The third-order valence-corrected chi connectivity index (χ3v) is 2.99. The van der Waals surface area contributed by atoms with Crippen LogP contribution in [0.2, 0.25) is 0 Å². The molecule has 1 aromatic rings. The largest absolute Gasteiger partial charge is 0.480 e. The van der Waals surface area contributed by atoms with Gasteiger partial charge in [0.1, 0.15) is 18.2 Å². The molecule has 0 bridgehead atoms. The van der Waals surface area contributed by atoms with Crippen LogP contribution in [0.3, 0.4) is 0 Å². The van der Waals surface area contributed by atoms with Gasteiger partial charge in [-0.2, -0.15) is 0 Å². The molecule has 0 aromatic heterocycles. The molecule has 1 rings (SSSR count). The zero-order chi connectivity index (χ0) is 18.2. The number of carboxylic acids is 1. The van der Waals surface area contributed by atoms with Gasteiger partial charge >= 0.3 is 12.1 Å². The van der Waals surface area contributed by atoms with Gasteiger partial charge in [-0.3, -0.25) is 4.79 Å². The number of carbonyl (C=O) groups is 3. The van der Waals surface area contributed by atoms with Crippen molar-refractivity contribution in [2.75, 3.05) is 6.54 Å². The van der Waals surface area contributed by atoms with E-state index in [0.29, 0.717) is 6.42 Å². The predicted octanol–water partition coefficient (Wildman–Crippen LogP) is 1.71. The Kier molecular flexibility index (Phi) is 7.23. The topological polar surface area (TPSA) is 105 Å². The van der Waals surface area contributed by atoms with Crippen LogP contribution in [0.4, 0.5) is 4.79 Å². The Bertz CT molecular complexity index is 566. The van der Waals surface area contributed by atoms with Crippen LogP contribution in [0.15, 0.2) is 30.3 Å². The second-order valence-corrected chi connectivity index (χ2v) is 6.34. The van der Waals surface area contributed by atoms with Crippen molar-refractivity contribution < 1.29 is 24.2 Å². The fourth-order valence-corrected chi connectivity index (χ4v) is 1.93. The number of benzene rings is 1. The van der Waals surface area contributed by atoms with Crippen LogP contribution in [-0.4, -0.2) is 41.3 Å². The zero-order valence-corrected chi connectivity index (χ0v) is 14.2. The number of amides is 2. The number of alkyl carbamates (subject to hydrolysis) is 1. The minimum absolute atomic E-state index is 0.261. The number of nitrogens with one attached hydrogen (secondary N) is 2. The zero-order valence-electron chi connectivity index (χ0n) is 14.2. The Hall–Kier alpha value is -2.57. The van der Waals surface area contributed by atoms with Crippen molar-refractivity contribution in [3.8, 4) is 0 Å². The normalized spacial score (nSPS) is 12.1. The Balaban J connectivity index is 2.43. The van der Waals surface area contributed by atoms with E-state index >= 15 is 0 Å². The number of aliphatic carboxylic acids is 1. The van der Waals surface area contributed by atoms with E-state index in [0.717, 1.165) is 5.56 Å². The SMILES string of the molecule is CC(C)(C)OC(=O)NCC(=O)N[C@@H](CCc1ccccc1)C(=O)O. The minimum Gasteiger partial charge on any atom is -0.480 e. The molecule has 2 amide bonds. The van der Waals surface area contributed by atoms with Crippen LogP contribution in [0, 0.1) is 0 Å². The summed E-state index contributed by atoms with van der Waals surface area (Å²) < 4.78 is 5.00. The molecule has 0 aliphatic rings. The van der Waals surface area contributed by atoms with Gasteiger partial charge in [0, 0.05) is 0 Å². The lowest BCUT2D eigenvalue weighted by atomic mass is 10.1. The summed E-state index contributed by atoms with van der Waals surface area (Å²) in [5.74, 6) is -1.70. The third kappa shape index (κ3) is 8.17. The summed E-state index contributed by atoms with van der Waals surface area (Å²) in [6.45, 7) is 4.77. The van der Waals surface area contributed by atoms with Gasteiger partial charge in [0.25, 0.3) is 0 Å². The molecule has 0 heterocycles. The molecular formula is C17H24N2O5. The lowest BCUT2D eigenvalue weighted by molar-refractivity contribution is -0.141. The molecule has 0 saturated heterocycles. The van der Waals surface area contributed by atoms with E-state index in [4.69, 9.17) is 4.74 Å². The van der Waals surface area contributed by atoms with Crippen LogP contribution in [0.5, 0.6) is 0 Å². The second-order valence-electron chi connectivity index (χ2n) is 6.34. The first-order chi connectivity index (χ1) is 11.2. The van der Waals surface area contributed by atoms with Gasteiger partial charge in [0.05, 0.1) is 0 Å². The Morgan fingerprint density at radius 1 is 1.17 bits per heavy atom. The van der Waals surface area contributed by atoms with E-state index < -0.39 is 29.6 Å². The summed E-state index contributed by atoms with van der Waals surface area (Å²) in [6.07, 6.45) is 0.0589. The maximum atomic E-state index is 11.8. The van der Waals surface area contributed by atoms with Crippen molar-refractivity contribution in [3.63, 3.8) is 0 Å². The molecule has 0 saturated carbocycles. The Morgan fingerprint density at radius 3 is 2.33 bits per heavy atom. The molecule has 7 nitrogen and oxygen atoms in total. The van der Waals surface area contributed by atoms with Crippen LogP contribution >= 0.6 is 0 Å². The fraction of sp³-hybridized carbons (Fsp3) is 0.471. The van der Waals surface area contributed by atoms with Gasteiger partial charge in [0.2, 0.25) is 5.91 Å². The first-order valence-corrected chi connectivity index (χ1v) is 7.70. The fourth-order valence-electron chi connectivity index (χ4n) is 1.93. The van der Waals surface area contributed by atoms with Crippen molar-refractivity contribution in [3.05, 3.63) is 35.9 Å². The number of aryl methyl sites for hydroxylation is 1. The first kappa shape index (κ1) is 19.5. The molecule has 1 aromatic carbocycles. The lowest BCUT2D eigenvalue weighted by Gasteiger charge is -2.20. The van der Waals surface area contributed by atoms with Crippen LogP contribution < -0.4 is 10.6 Å². The van der Waals surface area contributed by atoms with Crippen LogP contribution in [0.1, 0.15) is 32.8 Å². The van der Waals surface area contributed by atoms with Crippen LogP contribution in [-0.2, 0) is 20.7 Å². The Labute approximate surface area is 141 Å². The predicted molar refractivity (Wildman–Crippen MR) is 88.6 cm³/mol. The quantitative estimate of drug-likeness (QED) is 0.703. The van der Waals surface area contributed by atoms with Gasteiger partial charge in [-0.1, -0.05) is 30.3 Å². The molecule has 3 N–H and O–H groups in total. The van der Waals surface area contributed by atoms with Crippen molar-refractivity contribution in [1.82, 2.24) is 10.6 Å². The number of carbonyl (C=O) groups excluding carboxylic acids is 2. The average Bonchev–Trinajstić information content (AvgIpc) is 2.48. The number of rotatable bonds is 7. The average molecular weight is 336 g/mol. The molecular weight excluding hydrogens is 312 g/mol. The number of carboxylic acid groups (broad SMARTS) is 1. The van der Waals surface area contributed by atoms with E-state index in [9.17, 15) is 19.5 Å². The smallest absolute Gasteiger partial charge is 0.408 e. The van der Waals surface area contributed by atoms with Gasteiger partial charge < -0.3 is 20.5 Å². The standard InChI is InChI=1S/C17H24N2O5/c1-17(2,3)24-16(23)18-11-14(20)19-13(15(21)22)10-9-12-7-5-4-6-8-12/h4-8,13H,9-11H2,1-3H3,(H,18,23)(H,19,20)(H,21,22)/t13-/m0/s1. The molecule has 0 unspecified atom stereocenters. The summed E-state index contributed by atoms with van der Waals surface area (Å²) in [4.78, 5) is 34.5. The van der Waals surface area contributed by atoms with Crippen molar-refractivity contribution in [1.29, 1.82) is 0 Å². The summed E-state index contributed by atoms with van der Waals surface area (Å²) in [7, 11) is 0. The molecule has 132 valence electrons. The maximum absolute atomic E-state index is 11.8. The van der Waals surface area contributed by atoms with Crippen molar-refractivity contribution >= 4 is 18.0 Å². The van der Waals surface area contributed by atoms with Gasteiger partial charge in [-0.25, -0.2) is 9.59 Å². The summed E-state index contributed by atoms with van der Waals surface area (Å²) in [5, 5.41) is 13.9. The van der Waals surface area contributed by atoms with Crippen molar-refractivity contribution in [2.24, 2.45) is 0 Å². The summed E-state index contributed by atoms with van der Waals surface area (Å²) in [6, 6.07) is 8.39. The molecule has 7 heteroatoms. The van der Waals surface area contributed by atoms with Gasteiger partial charge in [0.15, 0.2) is 0 Å². The molecule has 0 radical (unpaired) electrons. The minimum atomic E-state index is -1.11. The highest BCUT2D eigenvalue weighted by molar-refractivity contribution is 5.86. The highest BCUT2D eigenvalue weighted by atomic mass is 16.6. The number of hydrogen-bond donors (Lipinski definition) is 3. The molecule has 0 spiro atoms. The number of hydrogen-bond acceptors (Lipinski definition) is 4. The maximum Gasteiger partial charge on any atom is 0.408 e. The van der Waals surface area contributed by atoms with Crippen molar-refractivity contribution in [2.45, 2.75) is 45.3 Å². The highest BCUT2D eigenvalue weighted by Gasteiger charge is 2.21. The molecule has 0 aliphatic heterocycles. The molecule has 0 aliphatic carbocycles. The van der Waals surface area contributed by atoms with Crippen LogP contribution in [0.25, 0.3) is 0 Å². The van der Waals surface area contributed by atoms with E-state index in [-0.39, 0.29) is 13.0 Å². The second kappa shape index (κ2) is 8.90. The highest BCUT2D eigenvalue weighted by Crippen LogP contribution is 2.07. The van der Waals surface area contributed by atoms with E-state index in [1.807, 2.05) is 30.3 Å². The van der Waals surface area contributed by atoms with E-state index in [1.54, 1.807) is 20.8 Å². The van der Waals surface area contributed by atoms with E-state index in [1.165, 1.54) is 0 Å². The monoisotopic (exact) mass is 336 g/mol. The number of ether oxygens (including phenoxy) is 1. The van der Waals surface area contributed by atoms with Gasteiger partial charge in [-0.15, -0.1) is 0 Å². The summed E-state index contributed by atoms with van der Waals surface area (Å²) in [5.41, 5.74) is 0.324. The molecule has 24 heavy (non-hydrogen) atoms. The lowest BCUT2D eigenvalue weighted by Crippen LogP contribution is -2.46. The third-order valence-electron chi connectivity index (χ3n) is 2.99. The molecule has 1 atom stereocenters. The first-order valence-electron chi connectivity index (χ1n) is 7.70. The summed E-state index contributed by atoms with van der Waals surface area (Å²) >= 11 is 0.